The number of carbonyl (C=O) groups is 2. The van der Waals surface area contributed by atoms with Gasteiger partial charge in [0.25, 0.3) is 0 Å². The zero-order valence-electron chi connectivity index (χ0n) is 10.7. The van der Waals surface area contributed by atoms with Gasteiger partial charge in [-0.2, -0.15) is 0 Å². The highest BCUT2D eigenvalue weighted by molar-refractivity contribution is 5.83. The number of aliphatic hydroxyl groups is 1. The number of β-amino-alcohol motifs (C(OH)–C–C–N with tert-alkyl or cyclic N) is 1. The van der Waals surface area contributed by atoms with Gasteiger partial charge in [-0.1, -0.05) is 0 Å². The van der Waals surface area contributed by atoms with Crippen LogP contribution >= 0.6 is 0 Å². The van der Waals surface area contributed by atoms with Crippen LogP contribution in [0.2, 0.25) is 0 Å². The smallest absolute Gasteiger partial charge is 0.326 e. The lowest BCUT2D eigenvalue weighted by molar-refractivity contribution is -0.141. The first-order valence-corrected chi connectivity index (χ1v) is 6.65. The van der Waals surface area contributed by atoms with E-state index in [1.165, 1.54) is 4.90 Å². The van der Waals surface area contributed by atoms with E-state index in [2.05, 4.69) is 5.32 Å². The molecule has 1 unspecified atom stereocenters. The van der Waals surface area contributed by atoms with Gasteiger partial charge in [-0.05, 0) is 19.3 Å². The Morgan fingerprint density at radius 2 is 2.21 bits per heavy atom. The Labute approximate surface area is 111 Å². The van der Waals surface area contributed by atoms with Crippen LogP contribution < -0.4 is 5.32 Å². The number of aliphatic carboxylic acids is 1. The molecule has 7 nitrogen and oxygen atoms in total. The molecule has 2 saturated heterocycles. The molecule has 0 saturated carbocycles. The van der Waals surface area contributed by atoms with Gasteiger partial charge in [0.05, 0.1) is 12.2 Å². The van der Waals surface area contributed by atoms with Crippen LogP contribution in [0.3, 0.4) is 0 Å². The van der Waals surface area contributed by atoms with Crippen LogP contribution in [0.1, 0.15) is 25.7 Å². The minimum Gasteiger partial charge on any atom is -0.480 e. The highest BCUT2D eigenvalue weighted by Gasteiger charge is 2.38. The maximum Gasteiger partial charge on any atom is 0.326 e. The summed E-state index contributed by atoms with van der Waals surface area (Å²) in [5, 5.41) is 21.1. The van der Waals surface area contributed by atoms with Gasteiger partial charge in [0, 0.05) is 26.1 Å². The van der Waals surface area contributed by atoms with Crippen LogP contribution in [0.15, 0.2) is 0 Å². The fourth-order valence-corrected chi connectivity index (χ4v) is 2.59. The van der Waals surface area contributed by atoms with Crippen molar-refractivity contribution in [1.82, 2.24) is 10.2 Å². The number of carboxylic acid groups (broad SMARTS) is 1. The van der Waals surface area contributed by atoms with Crippen molar-refractivity contribution in [2.45, 2.75) is 43.9 Å². The summed E-state index contributed by atoms with van der Waals surface area (Å²) < 4.78 is 5.44. The second-order valence-electron chi connectivity index (χ2n) is 5.05. The summed E-state index contributed by atoms with van der Waals surface area (Å²) in [6.45, 7) is 1.31. The molecule has 3 N–H and O–H groups in total. The van der Waals surface area contributed by atoms with E-state index in [1.54, 1.807) is 0 Å². The Bertz CT molecular complexity index is 343. The van der Waals surface area contributed by atoms with Gasteiger partial charge in [0.15, 0.2) is 0 Å². The maximum atomic E-state index is 11.9. The molecule has 0 radical (unpaired) electrons. The molecule has 2 aliphatic heterocycles. The SMILES string of the molecule is O=C(O)[C@H]1C[C@@H](O)CN1C(=O)NCCC1CCCO1. The van der Waals surface area contributed by atoms with Crippen molar-refractivity contribution in [2.24, 2.45) is 0 Å². The van der Waals surface area contributed by atoms with Crippen LogP contribution in [0, 0.1) is 0 Å². The van der Waals surface area contributed by atoms with Crippen molar-refractivity contribution >= 4 is 12.0 Å². The standard InChI is InChI=1S/C12H20N2O5/c15-8-6-10(11(16)17)14(7-8)12(18)13-4-3-9-2-1-5-19-9/h8-10,15H,1-7H2,(H,13,18)(H,16,17)/t8-,9?,10-/m1/s1. The first-order chi connectivity index (χ1) is 9.08. The van der Waals surface area contributed by atoms with Gasteiger partial charge in [-0.3, -0.25) is 0 Å². The van der Waals surface area contributed by atoms with Crippen molar-refractivity contribution in [3.05, 3.63) is 0 Å². The number of nitrogens with zero attached hydrogens (tertiary/aromatic N) is 1. The summed E-state index contributed by atoms with van der Waals surface area (Å²) in [5.41, 5.74) is 0. The average Bonchev–Trinajstić information content (AvgIpc) is 2.98. The van der Waals surface area contributed by atoms with Crippen LogP contribution in [-0.4, -0.2) is 65.1 Å². The predicted octanol–water partition coefficient (Wildman–Crippen LogP) is -0.215. The van der Waals surface area contributed by atoms with Crippen LogP contribution in [0.5, 0.6) is 0 Å². The number of nitrogens with one attached hydrogen (secondary N) is 1. The van der Waals surface area contributed by atoms with Gasteiger partial charge >= 0.3 is 12.0 Å². The number of carbonyl (C=O) groups excluding carboxylic acids is 1. The number of likely N-dealkylation sites (tertiary alicyclic amines) is 1. The Morgan fingerprint density at radius 1 is 1.42 bits per heavy atom. The fraction of sp³-hybridized carbons (Fsp3) is 0.833. The number of urea groups is 1. The molecule has 108 valence electrons. The molecule has 2 heterocycles. The zero-order chi connectivity index (χ0) is 13.8. The molecule has 19 heavy (non-hydrogen) atoms. The average molecular weight is 272 g/mol. The Hall–Kier alpha value is -1.34. The number of aliphatic hydroxyl groups excluding tert-OH is 1. The topological polar surface area (TPSA) is 99.1 Å². The first kappa shape index (κ1) is 14.1. The first-order valence-electron chi connectivity index (χ1n) is 6.65. The van der Waals surface area contributed by atoms with E-state index in [9.17, 15) is 14.7 Å². The van der Waals surface area contributed by atoms with E-state index >= 15 is 0 Å². The van der Waals surface area contributed by atoms with Crippen molar-refractivity contribution < 1.29 is 24.5 Å². The van der Waals surface area contributed by atoms with Crippen LogP contribution in [-0.2, 0) is 9.53 Å². The molecule has 7 heteroatoms. The Morgan fingerprint density at radius 3 is 2.84 bits per heavy atom. The number of carboxylic acids is 1. The molecule has 0 aromatic heterocycles. The van der Waals surface area contributed by atoms with Gasteiger partial charge in [-0.25, -0.2) is 9.59 Å². The van der Waals surface area contributed by atoms with Gasteiger partial charge in [0.1, 0.15) is 6.04 Å². The van der Waals surface area contributed by atoms with E-state index in [1.807, 2.05) is 0 Å². The third-order valence-electron chi connectivity index (χ3n) is 3.59. The fourth-order valence-electron chi connectivity index (χ4n) is 2.59. The minimum absolute atomic E-state index is 0.0722. The van der Waals surface area contributed by atoms with Gasteiger partial charge < -0.3 is 25.2 Å². The van der Waals surface area contributed by atoms with Crippen molar-refractivity contribution in [3.8, 4) is 0 Å². The Kier molecular flexibility index (Phi) is 4.60. The highest BCUT2D eigenvalue weighted by Crippen LogP contribution is 2.18. The molecule has 2 amide bonds. The molecule has 0 aromatic rings. The molecular weight excluding hydrogens is 252 g/mol. The van der Waals surface area contributed by atoms with E-state index in [-0.39, 0.29) is 19.1 Å². The monoisotopic (exact) mass is 272 g/mol. The summed E-state index contributed by atoms with van der Waals surface area (Å²) in [6.07, 6.45) is 2.33. The molecule has 0 spiro atoms. The highest BCUT2D eigenvalue weighted by atomic mass is 16.5. The van der Waals surface area contributed by atoms with Crippen molar-refractivity contribution in [3.63, 3.8) is 0 Å². The molecule has 2 rings (SSSR count). The number of amides is 2. The van der Waals surface area contributed by atoms with E-state index < -0.39 is 24.1 Å². The summed E-state index contributed by atoms with van der Waals surface area (Å²) in [7, 11) is 0. The van der Waals surface area contributed by atoms with E-state index in [0.29, 0.717) is 6.54 Å². The van der Waals surface area contributed by atoms with Gasteiger partial charge in [-0.15, -0.1) is 0 Å². The summed E-state index contributed by atoms with van der Waals surface area (Å²) in [4.78, 5) is 24.1. The number of ether oxygens (including phenoxy) is 1. The zero-order valence-corrected chi connectivity index (χ0v) is 10.7. The predicted molar refractivity (Wildman–Crippen MR) is 65.7 cm³/mol. The summed E-state index contributed by atoms with van der Waals surface area (Å²) >= 11 is 0. The largest absolute Gasteiger partial charge is 0.480 e. The van der Waals surface area contributed by atoms with Crippen molar-refractivity contribution in [2.75, 3.05) is 19.7 Å². The molecule has 0 aromatic carbocycles. The maximum absolute atomic E-state index is 11.9. The lowest BCUT2D eigenvalue weighted by Gasteiger charge is -2.22. The lowest BCUT2D eigenvalue weighted by Crippen LogP contribution is -2.46. The Balaban J connectivity index is 1.76. The number of hydrogen-bond acceptors (Lipinski definition) is 4. The molecule has 2 fully saturated rings. The normalized spacial score (nSPS) is 30.6. The van der Waals surface area contributed by atoms with Gasteiger partial charge in [0.2, 0.25) is 0 Å². The number of hydrogen-bond donors (Lipinski definition) is 3. The quantitative estimate of drug-likeness (QED) is 0.657. The third kappa shape index (κ3) is 3.57. The lowest BCUT2D eigenvalue weighted by atomic mass is 10.2. The third-order valence-corrected chi connectivity index (χ3v) is 3.59. The minimum atomic E-state index is -1.08. The number of rotatable bonds is 4. The van der Waals surface area contributed by atoms with Crippen LogP contribution in [0.4, 0.5) is 4.79 Å². The molecule has 3 atom stereocenters. The van der Waals surface area contributed by atoms with Crippen LogP contribution in [0.25, 0.3) is 0 Å². The van der Waals surface area contributed by atoms with E-state index in [4.69, 9.17) is 9.84 Å². The second kappa shape index (κ2) is 6.21. The molecule has 0 bridgehead atoms. The molecule has 2 aliphatic rings. The van der Waals surface area contributed by atoms with Crippen molar-refractivity contribution in [1.29, 1.82) is 0 Å². The second-order valence-corrected chi connectivity index (χ2v) is 5.05. The summed E-state index contributed by atoms with van der Waals surface area (Å²) in [6, 6.07) is -1.36. The molecule has 0 aliphatic carbocycles. The summed E-state index contributed by atoms with van der Waals surface area (Å²) in [5.74, 6) is -1.08. The molecular formula is C12H20N2O5. The van der Waals surface area contributed by atoms with E-state index in [0.717, 1.165) is 25.9 Å².